The van der Waals surface area contributed by atoms with E-state index in [-0.39, 0.29) is 5.91 Å². The van der Waals surface area contributed by atoms with E-state index in [9.17, 15) is 4.79 Å². The molecular weight excluding hydrogens is 238 g/mol. The SMILES string of the molecule is CON(C)C(=O)c1ccccc1[C@H]1CC2CCC1C2. The molecule has 3 heteroatoms. The van der Waals surface area contributed by atoms with E-state index >= 15 is 0 Å². The van der Waals surface area contributed by atoms with Crippen molar-refractivity contribution < 1.29 is 9.63 Å². The molecule has 0 heterocycles. The highest BCUT2D eigenvalue weighted by molar-refractivity contribution is 5.95. The van der Waals surface area contributed by atoms with Gasteiger partial charge >= 0.3 is 0 Å². The molecule has 0 aliphatic heterocycles. The van der Waals surface area contributed by atoms with Crippen molar-refractivity contribution in [1.82, 2.24) is 5.06 Å². The number of rotatable bonds is 3. The topological polar surface area (TPSA) is 29.5 Å². The summed E-state index contributed by atoms with van der Waals surface area (Å²) in [5.74, 6) is 2.20. The summed E-state index contributed by atoms with van der Waals surface area (Å²) < 4.78 is 0. The zero-order chi connectivity index (χ0) is 13.4. The summed E-state index contributed by atoms with van der Waals surface area (Å²) in [6.07, 6.45) is 5.33. The van der Waals surface area contributed by atoms with Crippen molar-refractivity contribution in [3.63, 3.8) is 0 Å². The van der Waals surface area contributed by atoms with Crippen molar-refractivity contribution in [2.45, 2.75) is 31.6 Å². The monoisotopic (exact) mass is 259 g/mol. The Kier molecular flexibility index (Phi) is 3.31. The number of hydroxylamine groups is 2. The van der Waals surface area contributed by atoms with Gasteiger partial charge in [0.05, 0.1) is 7.11 Å². The normalized spacial score (nSPS) is 28.6. The first-order valence-electron chi connectivity index (χ1n) is 7.11. The molecule has 0 saturated heterocycles. The standard InChI is InChI=1S/C16H21NO2/c1-17(19-2)16(18)14-6-4-3-5-13(14)15-10-11-7-8-12(15)9-11/h3-6,11-12,15H,7-10H2,1-2H3/t11?,12?,15-/m0/s1. The lowest BCUT2D eigenvalue weighted by Crippen LogP contribution is -2.27. The molecule has 1 aromatic carbocycles. The second-order valence-electron chi connectivity index (χ2n) is 5.85. The highest BCUT2D eigenvalue weighted by Gasteiger charge is 2.41. The fourth-order valence-electron chi connectivity index (χ4n) is 3.89. The van der Waals surface area contributed by atoms with Gasteiger partial charge in [-0.3, -0.25) is 9.63 Å². The molecular formula is C16H21NO2. The summed E-state index contributed by atoms with van der Waals surface area (Å²) >= 11 is 0. The molecule has 2 aliphatic carbocycles. The van der Waals surface area contributed by atoms with Crippen molar-refractivity contribution in [2.24, 2.45) is 11.8 Å². The van der Waals surface area contributed by atoms with Crippen LogP contribution in [0.2, 0.25) is 0 Å². The highest BCUT2D eigenvalue weighted by Crippen LogP contribution is 2.53. The molecule has 2 bridgehead atoms. The third-order valence-corrected chi connectivity index (χ3v) is 4.89. The van der Waals surface area contributed by atoms with Crippen molar-refractivity contribution in [2.75, 3.05) is 14.2 Å². The zero-order valence-corrected chi connectivity index (χ0v) is 11.6. The molecule has 0 aromatic heterocycles. The van der Waals surface area contributed by atoms with E-state index in [2.05, 4.69) is 6.07 Å². The van der Waals surface area contributed by atoms with Crippen molar-refractivity contribution in [3.05, 3.63) is 35.4 Å². The molecule has 3 nitrogen and oxygen atoms in total. The van der Waals surface area contributed by atoms with Gasteiger partial charge in [0.25, 0.3) is 5.91 Å². The zero-order valence-electron chi connectivity index (χ0n) is 11.6. The van der Waals surface area contributed by atoms with Gasteiger partial charge in [-0.05, 0) is 48.6 Å². The lowest BCUT2D eigenvalue weighted by atomic mass is 9.81. The third kappa shape index (κ3) is 2.16. The fourth-order valence-corrected chi connectivity index (χ4v) is 3.89. The van der Waals surface area contributed by atoms with Crippen LogP contribution in [0.15, 0.2) is 24.3 Å². The lowest BCUT2D eigenvalue weighted by molar-refractivity contribution is -0.0758. The summed E-state index contributed by atoms with van der Waals surface area (Å²) in [7, 11) is 3.19. The van der Waals surface area contributed by atoms with Crippen LogP contribution >= 0.6 is 0 Å². The second-order valence-corrected chi connectivity index (χ2v) is 5.85. The molecule has 2 unspecified atom stereocenters. The first-order valence-corrected chi connectivity index (χ1v) is 7.11. The minimum atomic E-state index is -0.0409. The molecule has 0 N–H and O–H groups in total. The van der Waals surface area contributed by atoms with Gasteiger partial charge < -0.3 is 0 Å². The van der Waals surface area contributed by atoms with E-state index in [1.165, 1.54) is 43.4 Å². The highest BCUT2D eigenvalue weighted by atomic mass is 16.7. The van der Waals surface area contributed by atoms with E-state index in [0.717, 1.165) is 17.4 Å². The number of carbonyl (C=O) groups excluding carboxylic acids is 1. The smallest absolute Gasteiger partial charge is 0.274 e. The first kappa shape index (κ1) is 12.7. The van der Waals surface area contributed by atoms with E-state index in [1.54, 1.807) is 7.05 Å². The van der Waals surface area contributed by atoms with Crippen LogP contribution in [0.4, 0.5) is 0 Å². The van der Waals surface area contributed by atoms with Gasteiger partial charge in [-0.25, -0.2) is 5.06 Å². The Morgan fingerprint density at radius 3 is 2.68 bits per heavy atom. The van der Waals surface area contributed by atoms with E-state index in [1.807, 2.05) is 18.2 Å². The molecule has 1 aromatic rings. The van der Waals surface area contributed by atoms with Gasteiger partial charge in [0.15, 0.2) is 0 Å². The maximum atomic E-state index is 12.4. The minimum absolute atomic E-state index is 0.0409. The van der Waals surface area contributed by atoms with Crippen molar-refractivity contribution in [3.8, 4) is 0 Å². The number of nitrogens with zero attached hydrogens (tertiary/aromatic N) is 1. The van der Waals surface area contributed by atoms with Gasteiger partial charge in [-0.2, -0.15) is 0 Å². The lowest BCUT2D eigenvalue weighted by Gasteiger charge is -2.25. The van der Waals surface area contributed by atoms with Gasteiger partial charge in [-0.15, -0.1) is 0 Å². The number of fused-ring (bicyclic) bond motifs is 2. The molecule has 2 saturated carbocycles. The molecule has 3 rings (SSSR count). The van der Waals surface area contributed by atoms with Gasteiger partial charge in [0, 0.05) is 12.6 Å². The van der Waals surface area contributed by atoms with Gasteiger partial charge in [-0.1, -0.05) is 24.6 Å². The average Bonchev–Trinajstić information content (AvgIpc) is 3.08. The maximum Gasteiger partial charge on any atom is 0.277 e. The number of amides is 1. The van der Waals surface area contributed by atoms with E-state index < -0.39 is 0 Å². The minimum Gasteiger partial charge on any atom is -0.274 e. The van der Waals surface area contributed by atoms with Crippen LogP contribution in [0.3, 0.4) is 0 Å². The van der Waals surface area contributed by atoms with Crippen molar-refractivity contribution >= 4 is 5.91 Å². The molecule has 102 valence electrons. The molecule has 0 radical (unpaired) electrons. The van der Waals surface area contributed by atoms with Crippen LogP contribution in [0.1, 0.15) is 47.5 Å². The average molecular weight is 259 g/mol. The predicted molar refractivity (Wildman–Crippen MR) is 73.7 cm³/mol. The predicted octanol–water partition coefficient (Wildman–Crippen LogP) is 3.22. The molecule has 19 heavy (non-hydrogen) atoms. The van der Waals surface area contributed by atoms with Crippen LogP contribution in [0.5, 0.6) is 0 Å². The Hall–Kier alpha value is -1.35. The number of hydrogen-bond acceptors (Lipinski definition) is 2. The molecule has 2 aliphatic rings. The summed E-state index contributed by atoms with van der Waals surface area (Å²) in [5.41, 5.74) is 2.04. The Labute approximate surface area is 114 Å². The van der Waals surface area contributed by atoms with Crippen molar-refractivity contribution in [1.29, 1.82) is 0 Å². The Bertz CT molecular complexity index is 485. The van der Waals surface area contributed by atoms with Crippen LogP contribution in [-0.4, -0.2) is 25.1 Å². The third-order valence-electron chi connectivity index (χ3n) is 4.89. The fraction of sp³-hybridized carbons (Fsp3) is 0.562. The molecule has 0 spiro atoms. The first-order chi connectivity index (χ1) is 9.20. The number of hydrogen-bond donors (Lipinski definition) is 0. The Balaban J connectivity index is 1.92. The molecule has 2 fully saturated rings. The van der Waals surface area contributed by atoms with Gasteiger partial charge in [0.2, 0.25) is 0 Å². The van der Waals surface area contributed by atoms with Crippen LogP contribution < -0.4 is 0 Å². The Morgan fingerprint density at radius 2 is 2.05 bits per heavy atom. The van der Waals surface area contributed by atoms with E-state index in [4.69, 9.17) is 4.84 Å². The maximum absolute atomic E-state index is 12.4. The summed E-state index contributed by atoms with van der Waals surface area (Å²) in [4.78, 5) is 17.4. The number of carbonyl (C=O) groups is 1. The molecule has 1 amide bonds. The summed E-state index contributed by atoms with van der Waals surface area (Å²) in [6, 6.07) is 8.04. The number of benzene rings is 1. The Morgan fingerprint density at radius 1 is 1.26 bits per heavy atom. The summed E-state index contributed by atoms with van der Waals surface area (Å²) in [6.45, 7) is 0. The molecule has 3 atom stereocenters. The quantitative estimate of drug-likeness (QED) is 0.780. The van der Waals surface area contributed by atoms with Gasteiger partial charge in [0.1, 0.15) is 0 Å². The second kappa shape index (κ2) is 4.97. The largest absolute Gasteiger partial charge is 0.277 e. The van der Waals surface area contributed by atoms with Crippen LogP contribution in [-0.2, 0) is 4.84 Å². The van der Waals surface area contributed by atoms with Crippen LogP contribution in [0.25, 0.3) is 0 Å². The van der Waals surface area contributed by atoms with Crippen LogP contribution in [0, 0.1) is 11.8 Å². The summed E-state index contributed by atoms with van der Waals surface area (Å²) in [5, 5.41) is 1.31. The van der Waals surface area contributed by atoms with E-state index in [0.29, 0.717) is 5.92 Å².